The molecule has 2 heterocycles. The second kappa shape index (κ2) is 6.84. The molecule has 2 N–H and O–H groups in total. The molecule has 2 amide bonds. The van der Waals surface area contributed by atoms with Crippen LogP contribution in [0, 0.1) is 0 Å². The summed E-state index contributed by atoms with van der Waals surface area (Å²) in [6, 6.07) is 9.01. The maximum atomic E-state index is 12.5. The van der Waals surface area contributed by atoms with Gasteiger partial charge in [0.05, 0.1) is 17.9 Å². The van der Waals surface area contributed by atoms with Crippen molar-refractivity contribution in [3.05, 3.63) is 48.3 Å². The number of amides is 2. The van der Waals surface area contributed by atoms with E-state index in [1.54, 1.807) is 33.9 Å². The quantitative estimate of drug-likeness (QED) is 0.867. The van der Waals surface area contributed by atoms with Crippen LogP contribution in [0.1, 0.15) is 5.56 Å². The maximum Gasteiger partial charge on any atom is 0.246 e. The highest BCUT2D eigenvalue weighted by Gasteiger charge is 2.30. The van der Waals surface area contributed by atoms with Crippen LogP contribution in [-0.2, 0) is 23.1 Å². The van der Waals surface area contributed by atoms with Gasteiger partial charge in [-0.15, -0.1) is 0 Å². The van der Waals surface area contributed by atoms with Gasteiger partial charge in [0.15, 0.2) is 0 Å². The molecule has 3 rings (SSSR count). The molecule has 0 radical (unpaired) electrons. The molecule has 1 saturated heterocycles. The van der Waals surface area contributed by atoms with Crippen molar-refractivity contribution in [1.82, 2.24) is 14.7 Å². The summed E-state index contributed by atoms with van der Waals surface area (Å²) in [5.41, 5.74) is 7.81. The van der Waals surface area contributed by atoms with Gasteiger partial charge >= 0.3 is 0 Å². The Labute approximate surface area is 140 Å². The summed E-state index contributed by atoms with van der Waals surface area (Å²) < 4.78 is 1.65. The van der Waals surface area contributed by atoms with E-state index in [2.05, 4.69) is 5.10 Å². The molecule has 7 heteroatoms. The van der Waals surface area contributed by atoms with E-state index in [-0.39, 0.29) is 18.4 Å². The summed E-state index contributed by atoms with van der Waals surface area (Å²) in [5.74, 6) is -0.299. The molecule has 24 heavy (non-hydrogen) atoms. The number of carbonyl (C=O) groups is 2. The van der Waals surface area contributed by atoms with Crippen molar-refractivity contribution in [3.63, 3.8) is 0 Å². The summed E-state index contributed by atoms with van der Waals surface area (Å²) in [5, 5.41) is 4.08. The zero-order valence-corrected chi connectivity index (χ0v) is 13.6. The van der Waals surface area contributed by atoms with Gasteiger partial charge in [0.1, 0.15) is 6.54 Å². The van der Waals surface area contributed by atoms with Gasteiger partial charge in [-0.05, 0) is 12.0 Å². The molecule has 0 spiro atoms. The molecule has 0 saturated carbocycles. The molecule has 1 aromatic carbocycles. The molecule has 1 aromatic heterocycles. The number of hydrogen-bond donors (Lipinski definition) is 1. The second-order valence-electron chi connectivity index (χ2n) is 5.97. The molecular formula is C17H21N5O2. The predicted octanol–water partition coefficient (Wildman–Crippen LogP) is 0.165. The monoisotopic (exact) mass is 327 g/mol. The van der Waals surface area contributed by atoms with Crippen LogP contribution in [0.15, 0.2) is 42.7 Å². The SMILES string of the molecule is Cn1cc(N2CCN(C(=O)[C@@H](N)Cc3ccccc3)CC2=O)cn1. The van der Waals surface area contributed by atoms with Gasteiger partial charge in [-0.3, -0.25) is 14.3 Å². The summed E-state index contributed by atoms with van der Waals surface area (Å²) >= 11 is 0. The number of nitrogens with zero attached hydrogens (tertiary/aromatic N) is 4. The highest BCUT2D eigenvalue weighted by atomic mass is 16.2. The van der Waals surface area contributed by atoms with Crippen molar-refractivity contribution in [3.8, 4) is 0 Å². The molecule has 2 aromatic rings. The van der Waals surface area contributed by atoms with Gasteiger partial charge in [0.25, 0.3) is 0 Å². The van der Waals surface area contributed by atoms with Gasteiger partial charge in [-0.2, -0.15) is 5.10 Å². The number of nitrogens with two attached hydrogens (primary N) is 1. The topological polar surface area (TPSA) is 84.5 Å². The summed E-state index contributed by atoms with van der Waals surface area (Å²) in [4.78, 5) is 28.1. The standard InChI is InChI=1S/C17H21N5O2/c1-20-11-14(10-19-20)22-8-7-21(12-16(22)23)17(24)15(18)9-13-5-3-2-4-6-13/h2-6,10-11,15H,7-9,12,18H2,1H3/t15-/m0/s1. The molecule has 1 aliphatic rings. The minimum absolute atomic E-state index is 0.0518. The first kappa shape index (κ1) is 16.2. The number of piperazine rings is 1. The number of hydrogen-bond acceptors (Lipinski definition) is 4. The Morgan fingerprint density at radius 3 is 2.67 bits per heavy atom. The Bertz CT molecular complexity index is 728. The van der Waals surface area contributed by atoms with E-state index in [0.717, 1.165) is 11.3 Å². The van der Waals surface area contributed by atoms with E-state index in [1.165, 1.54) is 0 Å². The first-order valence-electron chi connectivity index (χ1n) is 7.92. The molecule has 7 nitrogen and oxygen atoms in total. The van der Waals surface area contributed by atoms with Crippen molar-refractivity contribution in [1.29, 1.82) is 0 Å². The maximum absolute atomic E-state index is 12.5. The van der Waals surface area contributed by atoms with Crippen LogP contribution in [0.5, 0.6) is 0 Å². The Balaban J connectivity index is 1.60. The largest absolute Gasteiger partial charge is 0.330 e. The zero-order valence-electron chi connectivity index (χ0n) is 13.6. The lowest BCUT2D eigenvalue weighted by molar-refractivity contribution is -0.137. The number of aryl methyl sites for hydroxylation is 1. The summed E-state index contributed by atoms with van der Waals surface area (Å²) in [7, 11) is 1.80. The first-order chi connectivity index (χ1) is 11.5. The number of carbonyl (C=O) groups excluding carboxylic acids is 2. The first-order valence-corrected chi connectivity index (χ1v) is 7.92. The van der Waals surface area contributed by atoms with Gasteiger partial charge in [-0.1, -0.05) is 30.3 Å². The van der Waals surface area contributed by atoms with Crippen LogP contribution in [0.3, 0.4) is 0 Å². The summed E-state index contributed by atoms with van der Waals surface area (Å²) in [6.07, 6.45) is 3.91. The average Bonchev–Trinajstić information content (AvgIpc) is 3.01. The van der Waals surface area contributed by atoms with Crippen molar-refractivity contribution >= 4 is 17.5 Å². The highest BCUT2D eigenvalue weighted by Crippen LogP contribution is 2.16. The molecule has 0 aliphatic carbocycles. The van der Waals surface area contributed by atoms with Gasteiger partial charge in [0, 0.05) is 26.3 Å². The van der Waals surface area contributed by atoms with E-state index in [9.17, 15) is 9.59 Å². The van der Waals surface area contributed by atoms with E-state index in [1.807, 2.05) is 30.3 Å². The number of rotatable bonds is 4. The second-order valence-corrected chi connectivity index (χ2v) is 5.97. The predicted molar refractivity (Wildman–Crippen MR) is 90.3 cm³/mol. The fourth-order valence-corrected chi connectivity index (χ4v) is 2.87. The van der Waals surface area contributed by atoms with Gasteiger partial charge in [0.2, 0.25) is 11.8 Å². The van der Waals surface area contributed by atoms with E-state index in [4.69, 9.17) is 5.73 Å². The molecule has 1 fully saturated rings. The fourth-order valence-electron chi connectivity index (χ4n) is 2.87. The lowest BCUT2D eigenvalue weighted by atomic mass is 10.1. The third kappa shape index (κ3) is 3.46. The Morgan fingerprint density at radius 1 is 1.29 bits per heavy atom. The molecule has 1 atom stereocenters. The third-order valence-electron chi connectivity index (χ3n) is 4.15. The van der Waals surface area contributed by atoms with Crippen molar-refractivity contribution in [2.24, 2.45) is 12.8 Å². The molecular weight excluding hydrogens is 306 g/mol. The van der Waals surface area contributed by atoms with Gasteiger partial charge in [-0.25, -0.2) is 0 Å². The molecule has 1 aliphatic heterocycles. The van der Waals surface area contributed by atoms with Gasteiger partial charge < -0.3 is 15.5 Å². The number of benzene rings is 1. The Morgan fingerprint density at radius 2 is 2.04 bits per heavy atom. The minimum atomic E-state index is -0.634. The van der Waals surface area contributed by atoms with E-state index < -0.39 is 6.04 Å². The fraction of sp³-hybridized carbons (Fsp3) is 0.353. The smallest absolute Gasteiger partial charge is 0.246 e. The van der Waals surface area contributed by atoms with Crippen LogP contribution < -0.4 is 10.6 Å². The van der Waals surface area contributed by atoms with Crippen LogP contribution in [0.25, 0.3) is 0 Å². The zero-order chi connectivity index (χ0) is 17.1. The minimum Gasteiger partial charge on any atom is -0.330 e. The third-order valence-corrected chi connectivity index (χ3v) is 4.15. The summed E-state index contributed by atoms with van der Waals surface area (Å²) in [6.45, 7) is 0.979. The Kier molecular flexibility index (Phi) is 4.61. The normalized spacial score (nSPS) is 16.3. The lowest BCUT2D eigenvalue weighted by Crippen LogP contribution is -2.56. The van der Waals surface area contributed by atoms with Crippen LogP contribution in [0.4, 0.5) is 5.69 Å². The molecule has 126 valence electrons. The number of aromatic nitrogens is 2. The highest BCUT2D eigenvalue weighted by molar-refractivity contribution is 5.98. The van der Waals surface area contributed by atoms with Crippen molar-refractivity contribution < 1.29 is 9.59 Å². The van der Waals surface area contributed by atoms with Crippen molar-refractivity contribution in [2.75, 3.05) is 24.5 Å². The average molecular weight is 327 g/mol. The molecule has 0 bridgehead atoms. The number of anilines is 1. The Hall–Kier alpha value is -2.67. The van der Waals surface area contributed by atoms with E-state index >= 15 is 0 Å². The van der Waals surface area contributed by atoms with Crippen LogP contribution in [0.2, 0.25) is 0 Å². The van der Waals surface area contributed by atoms with Crippen LogP contribution in [-0.4, -0.2) is 52.2 Å². The van der Waals surface area contributed by atoms with Crippen molar-refractivity contribution in [2.45, 2.75) is 12.5 Å². The van der Waals surface area contributed by atoms with Crippen LogP contribution >= 0.6 is 0 Å². The van der Waals surface area contributed by atoms with E-state index in [0.29, 0.717) is 19.5 Å². The molecule has 0 unspecified atom stereocenters. The lowest BCUT2D eigenvalue weighted by Gasteiger charge is -2.34.